The lowest BCUT2D eigenvalue weighted by atomic mass is 10.3. The molecule has 3 heteroatoms. The number of carbonyl (C=O) groups excluding carboxylic acids is 1. The Balaban J connectivity index is 2.59. The van der Waals surface area contributed by atoms with Gasteiger partial charge in [0.1, 0.15) is 0 Å². The van der Waals surface area contributed by atoms with Gasteiger partial charge < -0.3 is 4.57 Å². The van der Waals surface area contributed by atoms with Gasteiger partial charge in [0.2, 0.25) is 0 Å². The number of nitrogens with zero attached hydrogens (tertiary/aromatic N) is 2. The molecule has 0 spiro atoms. The minimum atomic E-state index is 0.679. The fourth-order valence-corrected chi connectivity index (χ4v) is 1.67. The SMILES string of the molecule is CCc1ccc(C=O)n1-c1ccncc1. The lowest BCUT2D eigenvalue weighted by molar-refractivity contribution is 0.111. The number of aryl methyl sites for hydroxylation is 1. The van der Waals surface area contributed by atoms with Crippen molar-refractivity contribution in [2.75, 3.05) is 0 Å². The van der Waals surface area contributed by atoms with Crippen LogP contribution >= 0.6 is 0 Å². The van der Waals surface area contributed by atoms with Crippen molar-refractivity contribution < 1.29 is 4.79 Å². The summed E-state index contributed by atoms with van der Waals surface area (Å²) in [4.78, 5) is 14.9. The van der Waals surface area contributed by atoms with Gasteiger partial charge in [0.05, 0.1) is 5.69 Å². The first-order chi connectivity index (χ1) is 7.36. The maximum atomic E-state index is 10.9. The van der Waals surface area contributed by atoms with Crippen molar-refractivity contribution in [1.29, 1.82) is 0 Å². The van der Waals surface area contributed by atoms with Gasteiger partial charge in [-0.05, 0) is 30.7 Å². The molecule has 15 heavy (non-hydrogen) atoms. The Labute approximate surface area is 88.4 Å². The second-order valence-electron chi connectivity index (χ2n) is 3.26. The maximum Gasteiger partial charge on any atom is 0.166 e. The van der Waals surface area contributed by atoms with E-state index < -0.39 is 0 Å². The number of pyridine rings is 1. The molecule has 2 heterocycles. The van der Waals surface area contributed by atoms with Gasteiger partial charge in [-0.1, -0.05) is 6.92 Å². The summed E-state index contributed by atoms with van der Waals surface area (Å²) in [5.74, 6) is 0. The highest BCUT2D eigenvalue weighted by atomic mass is 16.1. The number of hydrogen-bond acceptors (Lipinski definition) is 2. The van der Waals surface area contributed by atoms with Crippen LogP contribution in [0.15, 0.2) is 36.7 Å². The molecule has 0 saturated heterocycles. The van der Waals surface area contributed by atoms with Crippen LogP contribution in [0, 0.1) is 0 Å². The maximum absolute atomic E-state index is 10.9. The van der Waals surface area contributed by atoms with Crippen LogP contribution in [-0.2, 0) is 6.42 Å². The van der Waals surface area contributed by atoms with Gasteiger partial charge >= 0.3 is 0 Å². The average molecular weight is 200 g/mol. The van der Waals surface area contributed by atoms with E-state index in [1.807, 2.05) is 28.8 Å². The van der Waals surface area contributed by atoms with Gasteiger partial charge in [0.15, 0.2) is 6.29 Å². The summed E-state index contributed by atoms with van der Waals surface area (Å²) < 4.78 is 1.95. The predicted molar refractivity (Wildman–Crippen MR) is 58.3 cm³/mol. The number of carbonyl (C=O) groups is 1. The first-order valence-corrected chi connectivity index (χ1v) is 4.93. The zero-order valence-electron chi connectivity index (χ0n) is 8.55. The van der Waals surface area contributed by atoms with Gasteiger partial charge in [0, 0.05) is 23.8 Å². The lowest BCUT2D eigenvalue weighted by Crippen LogP contribution is -2.02. The van der Waals surface area contributed by atoms with E-state index in [-0.39, 0.29) is 0 Å². The fourth-order valence-electron chi connectivity index (χ4n) is 1.67. The molecule has 2 aromatic heterocycles. The summed E-state index contributed by atoms with van der Waals surface area (Å²) >= 11 is 0. The molecule has 0 aliphatic carbocycles. The van der Waals surface area contributed by atoms with E-state index in [1.54, 1.807) is 12.4 Å². The van der Waals surface area contributed by atoms with E-state index in [0.29, 0.717) is 5.69 Å². The van der Waals surface area contributed by atoms with Crippen LogP contribution in [0.25, 0.3) is 5.69 Å². The monoisotopic (exact) mass is 200 g/mol. The third-order valence-corrected chi connectivity index (χ3v) is 2.40. The topological polar surface area (TPSA) is 34.9 Å². The van der Waals surface area contributed by atoms with E-state index in [9.17, 15) is 4.79 Å². The molecule has 0 aliphatic rings. The Morgan fingerprint density at radius 2 is 2.00 bits per heavy atom. The molecule has 0 fully saturated rings. The van der Waals surface area contributed by atoms with Crippen molar-refractivity contribution in [1.82, 2.24) is 9.55 Å². The van der Waals surface area contributed by atoms with E-state index >= 15 is 0 Å². The highest BCUT2D eigenvalue weighted by molar-refractivity contribution is 5.74. The Bertz CT molecular complexity index is 460. The second kappa shape index (κ2) is 4.09. The predicted octanol–water partition coefficient (Wildman–Crippen LogP) is 2.25. The van der Waals surface area contributed by atoms with Crippen molar-refractivity contribution in [2.24, 2.45) is 0 Å². The summed E-state index contributed by atoms with van der Waals surface area (Å²) in [6.45, 7) is 2.07. The summed E-state index contributed by atoms with van der Waals surface area (Å²) in [6, 6.07) is 7.61. The van der Waals surface area contributed by atoms with Crippen LogP contribution < -0.4 is 0 Å². The molecular weight excluding hydrogens is 188 g/mol. The number of aldehydes is 1. The van der Waals surface area contributed by atoms with Crippen LogP contribution in [0.5, 0.6) is 0 Å². The Morgan fingerprint density at radius 3 is 2.60 bits per heavy atom. The summed E-state index contributed by atoms with van der Waals surface area (Å²) in [5.41, 5.74) is 2.79. The zero-order chi connectivity index (χ0) is 10.7. The molecule has 0 amide bonds. The van der Waals surface area contributed by atoms with E-state index in [1.165, 1.54) is 0 Å². The number of rotatable bonds is 3. The molecule has 0 bridgehead atoms. The standard InChI is InChI=1S/C12H12N2O/c1-2-10-3-4-12(9-15)14(10)11-5-7-13-8-6-11/h3-9H,2H2,1H3. The molecule has 76 valence electrons. The normalized spacial score (nSPS) is 10.2. The van der Waals surface area contributed by atoms with Crippen LogP contribution in [0.4, 0.5) is 0 Å². The van der Waals surface area contributed by atoms with Crippen LogP contribution in [0.2, 0.25) is 0 Å². The Morgan fingerprint density at radius 1 is 1.27 bits per heavy atom. The molecule has 0 N–H and O–H groups in total. The van der Waals surface area contributed by atoms with Crippen molar-refractivity contribution in [2.45, 2.75) is 13.3 Å². The second-order valence-corrected chi connectivity index (χ2v) is 3.26. The third-order valence-electron chi connectivity index (χ3n) is 2.40. The molecule has 3 nitrogen and oxygen atoms in total. The molecule has 0 aromatic carbocycles. The van der Waals surface area contributed by atoms with E-state index in [2.05, 4.69) is 11.9 Å². The highest BCUT2D eigenvalue weighted by Crippen LogP contribution is 2.15. The minimum Gasteiger partial charge on any atom is -0.311 e. The van der Waals surface area contributed by atoms with Gasteiger partial charge in [0.25, 0.3) is 0 Å². The molecule has 0 radical (unpaired) electrons. The summed E-state index contributed by atoms with van der Waals surface area (Å²) in [6.07, 6.45) is 5.22. The van der Waals surface area contributed by atoms with E-state index in [0.717, 1.165) is 24.1 Å². The molecule has 0 saturated carbocycles. The van der Waals surface area contributed by atoms with Gasteiger partial charge in [-0.3, -0.25) is 9.78 Å². The van der Waals surface area contributed by atoms with Gasteiger partial charge in [-0.25, -0.2) is 0 Å². The molecule has 0 unspecified atom stereocenters. The van der Waals surface area contributed by atoms with Gasteiger partial charge in [-0.2, -0.15) is 0 Å². The summed E-state index contributed by atoms with van der Waals surface area (Å²) in [5, 5.41) is 0. The first kappa shape index (κ1) is 9.65. The third kappa shape index (κ3) is 1.68. The summed E-state index contributed by atoms with van der Waals surface area (Å²) in [7, 11) is 0. The molecule has 0 aliphatic heterocycles. The smallest absolute Gasteiger partial charge is 0.166 e. The zero-order valence-corrected chi connectivity index (χ0v) is 8.55. The molecule has 0 atom stereocenters. The van der Waals surface area contributed by atoms with Crippen molar-refractivity contribution in [3.63, 3.8) is 0 Å². The van der Waals surface area contributed by atoms with Crippen molar-refractivity contribution in [3.8, 4) is 5.69 Å². The Kier molecular flexibility index (Phi) is 2.63. The Hall–Kier alpha value is -1.90. The lowest BCUT2D eigenvalue weighted by Gasteiger charge is -2.09. The largest absolute Gasteiger partial charge is 0.311 e. The van der Waals surface area contributed by atoms with Crippen molar-refractivity contribution >= 4 is 6.29 Å². The highest BCUT2D eigenvalue weighted by Gasteiger charge is 2.07. The van der Waals surface area contributed by atoms with Crippen LogP contribution in [0.3, 0.4) is 0 Å². The van der Waals surface area contributed by atoms with Crippen LogP contribution in [0.1, 0.15) is 23.1 Å². The fraction of sp³-hybridized carbons (Fsp3) is 0.167. The number of hydrogen-bond donors (Lipinski definition) is 0. The van der Waals surface area contributed by atoms with Gasteiger partial charge in [-0.15, -0.1) is 0 Å². The average Bonchev–Trinajstić information content (AvgIpc) is 2.72. The van der Waals surface area contributed by atoms with Crippen molar-refractivity contribution in [3.05, 3.63) is 48.0 Å². The first-order valence-electron chi connectivity index (χ1n) is 4.93. The van der Waals surface area contributed by atoms with E-state index in [4.69, 9.17) is 0 Å². The molecule has 2 rings (SSSR count). The molecule has 2 aromatic rings. The minimum absolute atomic E-state index is 0.679. The quantitative estimate of drug-likeness (QED) is 0.712. The molecular formula is C12H12N2O. The number of aromatic nitrogens is 2. The van der Waals surface area contributed by atoms with Crippen LogP contribution in [-0.4, -0.2) is 15.8 Å².